The number of carbonyl (C=O) groups is 1. The van der Waals surface area contributed by atoms with E-state index < -0.39 is 11.6 Å². The highest BCUT2D eigenvalue weighted by Crippen LogP contribution is 2.35. The first kappa shape index (κ1) is 15.1. The molecule has 2 aromatic carbocycles. The topological polar surface area (TPSA) is 46.5 Å². The molecule has 3 nitrogen and oxygen atoms in total. The maximum absolute atomic E-state index is 10.8. The SMILES string of the molecule is O=C(O)Cc1ccc(C2(Oc3[c]cccc3)C=CC=CC2)cc1. The van der Waals surface area contributed by atoms with Gasteiger partial charge in [-0.3, -0.25) is 4.79 Å². The van der Waals surface area contributed by atoms with Gasteiger partial charge in [0, 0.05) is 12.5 Å². The van der Waals surface area contributed by atoms with Gasteiger partial charge in [-0.15, -0.1) is 0 Å². The van der Waals surface area contributed by atoms with E-state index in [0.29, 0.717) is 12.2 Å². The Labute approximate surface area is 135 Å². The molecule has 23 heavy (non-hydrogen) atoms. The van der Waals surface area contributed by atoms with Crippen LogP contribution in [0.4, 0.5) is 0 Å². The minimum Gasteiger partial charge on any atom is -0.481 e. The molecule has 1 unspecified atom stereocenters. The van der Waals surface area contributed by atoms with E-state index in [4.69, 9.17) is 9.84 Å². The number of aliphatic carboxylic acids is 1. The molecule has 0 aliphatic heterocycles. The van der Waals surface area contributed by atoms with Crippen molar-refractivity contribution in [2.75, 3.05) is 0 Å². The van der Waals surface area contributed by atoms with Crippen molar-refractivity contribution in [3.8, 4) is 5.75 Å². The van der Waals surface area contributed by atoms with Crippen LogP contribution < -0.4 is 4.74 Å². The third kappa shape index (κ3) is 3.51. The molecule has 2 aromatic rings. The van der Waals surface area contributed by atoms with Crippen LogP contribution in [0, 0.1) is 6.07 Å². The summed E-state index contributed by atoms with van der Waals surface area (Å²) in [5, 5.41) is 8.88. The van der Waals surface area contributed by atoms with E-state index in [9.17, 15) is 4.79 Å². The Bertz CT molecular complexity index is 729. The minimum atomic E-state index is -0.830. The smallest absolute Gasteiger partial charge is 0.307 e. The monoisotopic (exact) mass is 305 g/mol. The average Bonchev–Trinajstić information content (AvgIpc) is 2.57. The molecule has 0 amide bonds. The number of hydrogen-bond donors (Lipinski definition) is 1. The van der Waals surface area contributed by atoms with Crippen LogP contribution in [-0.2, 0) is 16.8 Å². The lowest BCUT2D eigenvalue weighted by atomic mass is 9.86. The van der Waals surface area contributed by atoms with Crippen LogP contribution >= 0.6 is 0 Å². The van der Waals surface area contributed by atoms with Crippen LogP contribution in [0.15, 0.2) is 72.8 Å². The van der Waals surface area contributed by atoms with Crippen molar-refractivity contribution in [2.45, 2.75) is 18.4 Å². The molecule has 1 aliphatic rings. The Kier molecular flexibility index (Phi) is 4.29. The normalized spacial score (nSPS) is 19.5. The number of allylic oxidation sites excluding steroid dienone is 2. The molecule has 0 bridgehead atoms. The lowest BCUT2D eigenvalue weighted by Gasteiger charge is -2.33. The first-order valence-electron chi connectivity index (χ1n) is 7.49. The van der Waals surface area contributed by atoms with Gasteiger partial charge in [-0.2, -0.15) is 0 Å². The van der Waals surface area contributed by atoms with Crippen molar-refractivity contribution in [1.29, 1.82) is 0 Å². The number of hydrogen-bond acceptors (Lipinski definition) is 2. The summed E-state index contributed by atoms with van der Waals surface area (Å²) in [4.78, 5) is 10.8. The van der Waals surface area contributed by atoms with Crippen molar-refractivity contribution >= 4 is 5.97 Å². The summed E-state index contributed by atoms with van der Waals surface area (Å²) in [6.07, 6.45) is 8.79. The number of rotatable bonds is 5. The van der Waals surface area contributed by atoms with Crippen LogP contribution in [0.2, 0.25) is 0 Å². The van der Waals surface area contributed by atoms with Crippen LogP contribution in [0.25, 0.3) is 0 Å². The second-order valence-electron chi connectivity index (χ2n) is 5.48. The molecule has 3 rings (SSSR count). The second-order valence-corrected chi connectivity index (χ2v) is 5.48. The number of para-hydroxylation sites is 1. The molecule has 0 spiro atoms. The maximum Gasteiger partial charge on any atom is 0.307 e. The lowest BCUT2D eigenvalue weighted by molar-refractivity contribution is -0.136. The summed E-state index contributed by atoms with van der Waals surface area (Å²) in [6.45, 7) is 0. The highest BCUT2D eigenvalue weighted by Gasteiger charge is 2.31. The zero-order valence-corrected chi connectivity index (χ0v) is 12.6. The molecule has 0 saturated heterocycles. The van der Waals surface area contributed by atoms with E-state index >= 15 is 0 Å². The third-order valence-corrected chi connectivity index (χ3v) is 3.80. The molecule has 1 atom stereocenters. The first-order valence-corrected chi connectivity index (χ1v) is 7.49. The van der Waals surface area contributed by atoms with Gasteiger partial charge in [-0.1, -0.05) is 60.7 Å². The average molecular weight is 305 g/mol. The Morgan fingerprint density at radius 3 is 2.61 bits per heavy atom. The highest BCUT2D eigenvalue weighted by atomic mass is 16.5. The fourth-order valence-corrected chi connectivity index (χ4v) is 2.67. The largest absolute Gasteiger partial charge is 0.481 e. The quantitative estimate of drug-likeness (QED) is 0.911. The number of carboxylic acid groups (broad SMARTS) is 1. The van der Waals surface area contributed by atoms with Crippen molar-refractivity contribution in [3.05, 3.63) is 90.0 Å². The van der Waals surface area contributed by atoms with Gasteiger partial charge in [0.05, 0.1) is 6.42 Å². The minimum absolute atomic E-state index is 0.0241. The van der Waals surface area contributed by atoms with Crippen LogP contribution in [0.5, 0.6) is 5.75 Å². The van der Waals surface area contributed by atoms with Gasteiger partial charge < -0.3 is 9.84 Å². The molecule has 1 N–H and O–H groups in total. The molecule has 1 aliphatic carbocycles. The zero-order valence-electron chi connectivity index (χ0n) is 12.6. The van der Waals surface area contributed by atoms with Gasteiger partial charge in [-0.25, -0.2) is 0 Å². The zero-order chi connectivity index (χ0) is 16.1. The van der Waals surface area contributed by atoms with Gasteiger partial charge in [0.15, 0.2) is 5.60 Å². The Hall–Kier alpha value is -2.81. The van der Waals surface area contributed by atoms with E-state index in [1.807, 2.05) is 66.8 Å². The van der Waals surface area contributed by atoms with Crippen molar-refractivity contribution < 1.29 is 14.6 Å². The number of benzene rings is 2. The molecular weight excluding hydrogens is 288 g/mol. The first-order chi connectivity index (χ1) is 11.2. The van der Waals surface area contributed by atoms with Crippen molar-refractivity contribution in [3.63, 3.8) is 0 Å². The third-order valence-electron chi connectivity index (χ3n) is 3.80. The molecular formula is C20H17O3. The van der Waals surface area contributed by atoms with Crippen LogP contribution in [0.3, 0.4) is 0 Å². The van der Waals surface area contributed by atoms with E-state index in [1.54, 1.807) is 0 Å². The predicted molar refractivity (Wildman–Crippen MR) is 88.3 cm³/mol. The van der Waals surface area contributed by atoms with Crippen LogP contribution in [-0.4, -0.2) is 11.1 Å². The lowest BCUT2D eigenvalue weighted by Crippen LogP contribution is -2.31. The van der Waals surface area contributed by atoms with Gasteiger partial charge >= 0.3 is 5.97 Å². The Morgan fingerprint density at radius 1 is 1.17 bits per heavy atom. The van der Waals surface area contributed by atoms with Crippen molar-refractivity contribution in [1.82, 2.24) is 0 Å². The van der Waals surface area contributed by atoms with Gasteiger partial charge in [0.25, 0.3) is 0 Å². The Balaban J connectivity index is 1.91. The van der Waals surface area contributed by atoms with E-state index in [-0.39, 0.29) is 6.42 Å². The van der Waals surface area contributed by atoms with Crippen molar-refractivity contribution in [2.24, 2.45) is 0 Å². The van der Waals surface area contributed by atoms with E-state index in [0.717, 1.165) is 11.1 Å². The summed E-state index contributed by atoms with van der Waals surface area (Å²) in [5.74, 6) is -0.148. The van der Waals surface area contributed by atoms with Gasteiger partial charge in [0.2, 0.25) is 0 Å². The summed E-state index contributed by atoms with van der Waals surface area (Å²) in [6, 6.07) is 18.2. The molecule has 3 heteroatoms. The van der Waals surface area contributed by atoms with E-state index in [2.05, 4.69) is 12.1 Å². The van der Waals surface area contributed by atoms with Gasteiger partial charge in [-0.05, 0) is 23.3 Å². The molecule has 1 radical (unpaired) electrons. The molecule has 0 fully saturated rings. The molecule has 115 valence electrons. The standard InChI is InChI=1S/C20H17O3/c21-19(22)15-16-9-11-17(12-10-16)20(13-5-2-6-14-20)23-18-7-3-1-4-8-18/h1-7,9-13H,14-15H2,(H,21,22). The highest BCUT2D eigenvalue weighted by molar-refractivity contribution is 5.70. The van der Waals surface area contributed by atoms with Gasteiger partial charge in [0.1, 0.15) is 5.75 Å². The fraction of sp³-hybridized carbons (Fsp3) is 0.150. The molecule has 0 aromatic heterocycles. The van der Waals surface area contributed by atoms with Crippen LogP contribution in [0.1, 0.15) is 17.5 Å². The summed E-state index contributed by atoms with van der Waals surface area (Å²) >= 11 is 0. The molecule has 0 saturated carbocycles. The molecule has 0 heterocycles. The van der Waals surface area contributed by atoms with E-state index in [1.165, 1.54) is 0 Å². The predicted octanol–water partition coefficient (Wildman–Crippen LogP) is 3.90. The maximum atomic E-state index is 10.8. The summed E-state index contributed by atoms with van der Waals surface area (Å²) in [5.41, 5.74) is 1.18. The number of carboxylic acids is 1. The summed E-state index contributed by atoms with van der Waals surface area (Å²) in [7, 11) is 0. The second kappa shape index (κ2) is 6.53. The fourth-order valence-electron chi connectivity index (χ4n) is 2.67. The Morgan fingerprint density at radius 2 is 2.00 bits per heavy atom. The summed E-state index contributed by atoms with van der Waals surface area (Å²) < 4.78 is 6.24. The number of ether oxygens (including phenoxy) is 1.